The zero-order valence-electron chi connectivity index (χ0n) is 13.3. The highest BCUT2D eigenvalue weighted by atomic mass is 35.7. The van der Waals surface area contributed by atoms with Crippen molar-refractivity contribution in [2.24, 2.45) is 0 Å². The molecule has 132 valence electrons. The Morgan fingerprint density at radius 3 is 2.73 bits per heavy atom. The van der Waals surface area contributed by atoms with Gasteiger partial charge in [0, 0.05) is 27.8 Å². The molecule has 2 heterocycles. The second-order valence-corrected chi connectivity index (χ2v) is 8.76. The fourth-order valence-electron chi connectivity index (χ4n) is 2.59. The maximum absolute atomic E-state index is 11.9. The van der Waals surface area contributed by atoms with E-state index in [1.807, 2.05) is 18.2 Å². The Labute approximate surface area is 157 Å². The van der Waals surface area contributed by atoms with Crippen molar-refractivity contribution >= 4 is 63.7 Å². The summed E-state index contributed by atoms with van der Waals surface area (Å²) in [5.41, 5.74) is 3.94. The molecule has 0 aliphatic heterocycles. The number of hydrogen-bond acceptors (Lipinski definition) is 8. The van der Waals surface area contributed by atoms with Gasteiger partial charge in [-0.3, -0.25) is 0 Å². The molecule has 0 amide bonds. The molecule has 0 aliphatic carbocycles. The molecule has 0 atom stereocenters. The number of fused-ring (bicyclic) bond motifs is 2. The number of aromatic nitrogens is 3. The molecule has 4 aromatic rings. The summed E-state index contributed by atoms with van der Waals surface area (Å²) in [7, 11) is 2.91. The van der Waals surface area contributed by atoms with Gasteiger partial charge < -0.3 is 10.1 Å². The fraction of sp³-hybridized carbons (Fsp3) is 0.0625. The molecule has 0 unspecified atom stereocenters. The lowest BCUT2D eigenvalue weighted by atomic mass is 10.2. The SMILES string of the molecule is COc1cc2ncnc(Nc3ccc4scnc4c3)c2cc1S(=O)(=O)Cl. The second kappa shape index (κ2) is 6.35. The average Bonchev–Trinajstić information content (AvgIpc) is 3.08. The predicted molar refractivity (Wildman–Crippen MR) is 102 cm³/mol. The molecule has 0 spiro atoms. The summed E-state index contributed by atoms with van der Waals surface area (Å²) in [4.78, 5) is 12.6. The van der Waals surface area contributed by atoms with E-state index in [1.165, 1.54) is 25.6 Å². The van der Waals surface area contributed by atoms with Gasteiger partial charge in [-0.25, -0.2) is 23.4 Å². The van der Waals surface area contributed by atoms with Crippen LogP contribution in [0.25, 0.3) is 21.1 Å². The predicted octanol–water partition coefficient (Wildman–Crippen LogP) is 3.92. The van der Waals surface area contributed by atoms with Crippen molar-refractivity contribution in [3.63, 3.8) is 0 Å². The number of benzene rings is 2. The molecular formula is C16H11ClN4O3S2. The van der Waals surface area contributed by atoms with Gasteiger partial charge in [-0.1, -0.05) is 0 Å². The lowest BCUT2D eigenvalue weighted by molar-refractivity contribution is 0.404. The first-order valence-electron chi connectivity index (χ1n) is 7.33. The van der Waals surface area contributed by atoms with E-state index < -0.39 is 9.05 Å². The zero-order chi connectivity index (χ0) is 18.3. The van der Waals surface area contributed by atoms with Crippen LogP contribution in [0, 0.1) is 0 Å². The van der Waals surface area contributed by atoms with Crippen molar-refractivity contribution in [3.8, 4) is 5.75 Å². The highest BCUT2D eigenvalue weighted by Crippen LogP contribution is 2.34. The van der Waals surface area contributed by atoms with Crippen molar-refractivity contribution < 1.29 is 13.2 Å². The number of nitrogens with zero attached hydrogens (tertiary/aromatic N) is 3. The van der Waals surface area contributed by atoms with Crippen LogP contribution in [0.1, 0.15) is 0 Å². The van der Waals surface area contributed by atoms with E-state index in [0.717, 1.165) is 15.9 Å². The minimum atomic E-state index is -3.99. The summed E-state index contributed by atoms with van der Waals surface area (Å²) in [6.45, 7) is 0. The van der Waals surface area contributed by atoms with E-state index in [1.54, 1.807) is 16.8 Å². The topological polar surface area (TPSA) is 94.1 Å². The number of nitrogens with one attached hydrogen (secondary N) is 1. The van der Waals surface area contributed by atoms with Gasteiger partial charge in [0.15, 0.2) is 0 Å². The van der Waals surface area contributed by atoms with Crippen LogP contribution in [0.2, 0.25) is 0 Å². The Balaban J connectivity index is 1.86. The molecule has 26 heavy (non-hydrogen) atoms. The first kappa shape index (κ1) is 17.0. The summed E-state index contributed by atoms with van der Waals surface area (Å²) >= 11 is 1.55. The van der Waals surface area contributed by atoms with Gasteiger partial charge in [0.2, 0.25) is 0 Å². The average molecular weight is 407 g/mol. The second-order valence-electron chi connectivity index (χ2n) is 5.34. The zero-order valence-corrected chi connectivity index (χ0v) is 15.7. The maximum Gasteiger partial charge on any atom is 0.265 e. The number of anilines is 2. The standard InChI is InChI=1S/C16H11ClN4O3S2/c1-24-13-6-11-10(5-15(13)26(17,22)23)16(19-7-18-11)21-9-2-3-14-12(4-9)20-8-25-14/h2-8H,1H3,(H,18,19,21). The van der Waals surface area contributed by atoms with Crippen LogP contribution in [0.15, 0.2) is 47.1 Å². The summed E-state index contributed by atoms with van der Waals surface area (Å²) in [5, 5.41) is 3.69. The van der Waals surface area contributed by atoms with Gasteiger partial charge in [-0.15, -0.1) is 11.3 Å². The van der Waals surface area contributed by atoms with Crippen LogP contribution >= 0.6 is 22.0 Å². The van der Waals surface area contributed by atoms with Gasteiger partial charge in [0.05, 0.1) is 28.4 Å². The van der Waals surface area contributed by atoms with E-state index in [4.69, 9.17) is 15.4 Å². The van der Waals surface area contributed by atoms with Gasteiger partial charge in [0.1, 0.15) is 22.8 Å². The molecule has 0 radical (unpaired) electrons. The highest BCUT2D eigenvalue weighted by molar-refractivity contribution is 8.13. The number of halogens is 1. The van der Waals surface area contributed by atoms with Crippen molar-refractivity contribution in [1.29, 1.82) is 0 Å². The number of rotatable bonds is 4. The minimum absolute atomic E-state index is 0.126. The molecule has 0 saturated heterocycles. The Morgan fingerprint density at radius 1 is 1.12 bits per heavy atom. The monoisotopic (exact) mass is 406 g/mol. The fourth-order valence-corrected chi connectivity index (χ4v) is 4.25. The van der Waals surface area contributed by atoms with E-state index >= 15 is 0 Å². The van der Waals surface area contributed by atoms with Crippen molar-refractivity contribution in [2.45, 2.75) is 4.90 Å². The largest absolute Gasteiger partial charge is 0.495 e. The Kier molecular flexibility index (Phi) is 4.14. The summed E-state index contributed by atoms with van der Waals surface area (Å²) < 4.78 is 29.9. The lowest BCUT2D eigenvalue weighted by Gasteiger charge is -2.11. The van der Waals surface area contributed by atoms with Crippen LogP contribution in [-0.2, 0) is 9.05 Å². The number of hydrogen-bond donors (Lipinski definition) is 1. The molecule has 0 aliphatic rings. The Bertz CT molecular complexity index is 1240. The maximum atomic E-state index is 11.9. The van der Waals surface area contributed by atoms with E-state index in [9.17, 15) is 8.42 Å². The van der Waals surface area contributed by atoms with Crippen molar-refractivity contribution in [1.82, 2.24) is 15.0 Å². The van der Waals surface area contributed by atoms with E-state index in [0.29, 0.717) is 16.7 Å². The number of thiazole rings is 1. The molecule has 2 aromatic heterocycles. The molecule has 2 aromatic carbocycles. The lowest BCUT2D eigenvalue weighted by Crippen LogP contribution is -2.00. The first-order valence-corrected chi connectivity index (χ1v) is 10.5. The molecule has 10 heteroatoms. The van der Waals surface area contributed by atoms with Gasteiger partial charge >= 0.3 is 0 Å². The molecule has 7 nitrogen and oxygen atoms in total. The third-order valence-corrected chi connectivity index (χ3v) is 5.93. The summed E-state index contributed by atoms with van der Waals surface area (Å²) in [6, 6.07) is 8.66. The van der Waals surface area contributed by atoms with Crippen LogP contribution in [0.3, 0.4) is 0 Å². The van der Waals surface area contributed by atoms with Crippen LogP contribution in [-0.4, -0.2) is 30.5 Å². The third-order valence-electron chi connectivity index (χ3n) is 3.78. The number of ether oxygens (including phenoxy) is 1. The van der Waals surface area contributed by atoms with Crippen LogP contribution < -0.4 is 10.1 Å². The van der Waals surface area contributed by atoms with Gasteiger partial charge in [0.25, 0.3) is 9.05 Å². The summed E-state index contributed by atoms with van der Waals surface area (Å²) in [6.07, 6.45) is 1.39. The smallest absolute Gasteiger partial charge is 0.265 e. The highest BCUT2D eigenvalue weighted by Gasteiger charge is 2.19. The van der Waals surface area contributed by atoms with Crippen LogP contribution in [0.4, 0.5) is 11.5 Å². The number of methoxy groups -OCH3 is 1. The normalized spacial score (nSPS) is 11.8. The van der Waals surface area contributed by atoms with E-state index in [-0.39, 0.29) is 10.6 Å². The third kappa shape index (κ3) is 3.05. The van der Waals surface area contributed by atoms with Crippen molar-refractivity contribution in [3.05, 3.63) is 42.2 Å². The summed E-state index contributed by atoms with van der Waals surface area (Å²) in [5.74, 6) is 0.579. The van der Waals surface area contributed by atoms with Gasteiger partial charge in [-0.05, 0) is 24.3 Å². The van der Waals surface area contributed by atoms with E-state index in [2.05, 4.69) is 20.3 Å². The minimum Gasteiger partial charge on any atom is -0.495 e. The molecule has 4 rings (SSSR count). The quantitative estimate of drug-likeness (QED) is 0.513. The van der Waals surface area contributed by atoms with Crippen molar-refractivity contribution in [2.75, 3.05) is 12.4 Å². The molecule has 1 N–H and O–H groups in total. The molecular weight excluding hydrogens is 396 g/mol. The Morgan fingerprint density at radius 2 is 1.96 bits per heavy atom. The molecule has 0 fully saturated rings. The van der Waals surface area contributed by atoms with Gasteiger partial charge in [-0.2, -0.15) is 0 Å². The molecule has 0 bridgehead atoms. The van der Waals surface area contributed by atoms with Crippen LogP contribution in [0.5, 0.6) is 5.75 Å². The first-order chi connectivity index (χ1) is 12.5. The molecule has 0 saturated carbocycles. The Hall–Kier alpha value is -2.49.